The number of carbonyl (C=O) groups is 1. The van der Waals surface area contributed by atoms with Gasteiger partial charge in [-0.1, -0.05) is 12.1 Å². The molecule has 2 atom stereocenters. The normalized spacial score (nSPS) is 20.9. The summed E-state index contributed by atoms with van der Waals surface area (Å²) >= 11 is 6.67. The fourth-order valence-corrected chi connectivity index (χ4v) is 4.65. The van der Waals surface area contributed by atoms with Crippen LogP contribution in [0.2, 0.25) is 0 Å². The lowest BCUT2D eigenvalue weighted by atomic mass is 9.79. The zero-order valence-electron chi connectivity index (χ0n) is 16.8. The number of esters is 1. The van der Waals surface area contributed by atoms with Crippen molar-refractivity contribution in [2.24, 2.45) is 0 Å². The van der Waals surface area contributed by atoms with Crippen molar-refractivity contribution >= 4 is 41.5 Å². The highest BCUT2D eigenvalue weighted by atomic mass is 35.5. The third-order valence-electron chi connectivity index (χ3n) is 5.71. The van der Waals surface area contributed by atoms with Crippen molar-refractivity contribution in [2.75, 3.05) is 11.5 Å². The number of alkyl halides is 1. The second kappa shape index (κ2) is 8.88. The molecule has 0 spiro atoms. The fraction of sp³-hybridized carbons (Fsp3) is 0.409. The number of benzene rings is 2. The molecular weight excluding hydrogens is 405 g/mol. The lowest BCUT2D eigenvalue weighted by Crippen LogP contribution is -2.37. The molecule has 2 aromatic carbocycles. The average Bonchev–Trinajstić information content (AvgIpc) is 3.34. The van der Waals surface area contributed by atoms with Crippen LogP contribution in [0.1, 0.15) is 43.5 Å². The van der Waals surface area contributed by atoms with E-state index in [1.807, 2.05) is 29.2 Å². The van der Waals surface area contributed by atoms with Crippen LogP contribution in [0, 0.1) is 0 Å². The molecule has 30 heavy (non-hydrogen) atoms. The van der Waals surface area contributed by atoms with Gasteiger partial charge in [0.15, 0.2) is 6.04 Å². The minimum atomic E-state index is -1.61. The second-order valence-electron chi connectivity index (χ2n) is 7.68. The minimum Gasteiger partial charge on any atom is -0.490 e. The molecule has 0 amide bonds. The molecule has 2 unspecified atom stereocenters. The van der Waals surface area contributed by atoms with E-state index in [0.717, 1.165) is 30.0 Å². The van der Waals surface area contributed by atoms with Crippen LogP contribution in [0.25, 0.3) is 0 Å². The summed E-state index contributed by atoms with van der Waals surface area (Å²) in [6, 6.07) is 11.9. The molecule has 2 aliphatic rings. The van der Waals surface area contributed by atoms with Gasteiger partial charge in [-0.05, 0) is 74.0 Å². The van der Waals surface area contributed by atoms with Crippen molar-refractivity contribution < 1.29 is 24.3 Å². The number of hydrogen-bond donors (Lipinski definition) is 2. The molecular formula is C22H25BClNO5. The van der Waals surface area contributed by atoms with Gasteiger partial charge in [0.1, 0.15) is 5.75 Å². The number of halogens is 1. The summed E-state index contributed by atoms with van der Waals surface area (Å²) in [5, 5.41) is 18.4. The number of rotatable bonds is 6. The fourth-order valence-electron chi connectivity index (χ4n) is 4.26. The third-order valence-corrected chi connectivity index (χ3v) is 6.18. The highest BCUT2D eigenvalue weighted by Gasteiger charge is 2.44. The number of hydrogen-bond acceptors (Lipinski definition) is 6. The van der Waals surface area contributed by atoms with Crippen molar-refractivity contribution in [3.63, 3.8) is 0 Å². The summed E-state index contributed by atoms with van der Waals surface area (Å²) in [5.74, 6) is 0.380. The van der Waals surface area contributed by atoms with Crippen LogP contribution in [0.5, 0.6) is 5.75 Å². The van der Waals surface area contributed by atoms with Gasteiger partial charge in [-0.25, -0.2) is 4.79 Å². The molecule has 2 aromatic rings. The molecule has 0 radical (unpaired) electrons. The first-order valence-corrected chi connectivity index (χ1v) is 10.8. The molecule has 1 fully saturated rings. The molecule has 1 aliphatic heterocycles. The summed E-state index contributed by atoms with van der Waals surface area (Å²) in [7, 11) is -1.61. The van der Waals surface area contributed by atoms with Crippen LogP contribution in [-0.2, 0) is 9.53 Å². The van der Waals surface area contributed by atoms with Gasteiger partial charge in [0.25, 0.3) is 0 Å². The Hall–Kier alpha value is -2.22. The third kappa shape index (κ3) is 4.02. The van der Waals surface area contributed by atoms with Crippen molar-refractivity contribution in [3.05, 3.63) is 48.0 Å². The lowest BCUT2D eigenvalue weighted by molar-refractivity contribution is -0.144. The summed E-state index contributed by atoms with van der Waals surface area (Å²) in [6.07, 6.45) is 4.84. The van der Waals surface area contributed by atoms with E-state index in [9.17, 15) is 14.8 Å². The van der Waals surface area contributed by atoms with E-state index in [1.54, 1.807) is 25.1 Å². The summed E-state index contributed by atoms with van der Waals surface area (Å²) in [6.45, 7) is 2.00. The maximum absolute atomic E-state index is 12.8. The zero-order chi connectivity index (χ0) is 21.3. The second-order valence-corrected chi connectivity index (χ2v) is 8.15. The Balaban J connectivity index is 1.67. The Morgan fingerprint density at radius 3 is 2.50 bits per heavy atom. The molecule has 0 bridgehead atoms. The Kier molecular flexibility index (Phi) is 6.23. The van der Waals surface area contributed by atoms with Crippen LogP contribution >= 0.6 is 11.6 Å². The van der Waals surface area contributed by atoms with E-state index in [-0.39, 0.29) is 12.7 Å². The predicted octanol–water partition coefficient (Wildman–Crippen LogP) is 3.05. The lowest BCUT2D eigenvalue weighted by Gasteiger charge is -2.27. The highest BCUT2D eigenvalue weighted by Crippen LogP contribution is 2.47. The summed E-state index contributed by atoms with van der Waals surface area (Å²) < 4.78 is 11.3. The summed E-state index contributed by atoms with van der Waals surface area (Å²) in [5.41, 5.74) is 2.51. The minimum absolute atomic E-state index is 0.248. The van der Waals surface area contributed by atoms with E-state index in [0.29, 0.717) is 11.0 Å². The van der Waals surface area contributed by atoms with E-state index >= 15 is 0 Å². The monoisotopic (exact) mass is 429 g/mol. The first-order valence-electron chi connectivity index (χ1n) is 10.4. The van der Waals surface area contributed by atoms with Crippen LogP contribution in [0.3, 0.4) is 0 Å². The van der Waals surface area contributed by atoms with Gasteiger partial charge in [0, 0.05) is 11.4 Å². The molecule has 4 rings (SSSR count). The molecule has 0 saturated heterocycles. The van der Waals surface area contributed by atoms with Gasteiger partial charge in [-0.3, -0.25) is 0 Å². The Labute approximate surface area is 181 Å². The first kappa shape index (κ1) is 21.0. The zero-order valence-corrected chi connectivity index (χ0v) is 17.6. The maximum Gasteiger partial charge on any atom is 0.488 e. The number of ether oxygens (including phenoxy) is 2. The van der Waals surface area contributed by atoms with E-state index in [2.05, 4.69) is 0 Å². The molecule has 6 nitrogen and oxygen atoms in total. The first-order chi connectivity index (χ1) is 14.5. The van der Waals surface area contributed by atoms with Gasteiger partial charge in [-0.15, -0.1) is 11.6 Å². The standard InChI is InChI=1S/C22H25BClNO5/c1-2-29-22(26)21-20(24)18-13-14(23(27)28)7-12-19(18)25(21)15-8-10-17(11-9-15)30-16-5-3-4-6-16/h7-13,16,20-21,27-28H,2-6H2,1H3. The van der Waals surface area contributed by atoms with E-state index in [4.69, 9.17) is 21.1 Å². The number of fused-ring (bicyclic) bond motifs is 1. The number of nitrogens with zero attached hydrogens (tertiary/aromatic N) is 1. The quantitative estimate of drug-likeness (QED) is 0.417. The Morgan fingerprint density at radius 1 is 1.17 bits per heavy atom. The molecule has 1 aliphatic carbocycles. The van der Waals surface area contributed by atoms with Crippen LogP contribution in [0.4, 0.5) is 11.4 Å². The topological polar surface area (TPSA) is 79.2 Å². The van der Waals surface area contributed by atoms with E-state index in [1.165, 1.54) is 12.8 Å². The van der Waals surface area contributed by atoms with Gasteiger partial charge in [-0.2, -0.15) is 0 Å². The Morgan fingerprint density at radius 2 is 1.87 bits per heavy atom. The van der Waals surface area contributed by atoms with E-state index < -0.39 is 24.5 Å². The predicted molar refractivity (Wildman–Crippen MR) is 117 cm³/mol. The van der Waals surface area contributed by atoms with Gasteiger partial charge in [0.2, 0.25) is 0 Å². The van der Waals surface area contributed by atoms with Crippen LogP contribution < -0.4 is 15.1 Å². The Bertz CT molecular complexity index is 901. The molecule has 8 heteroatoms. The average molecular weight is 430 g/mol. The molecule has 158 valence electrons. The molecule has 1 heterocycles. The van der Waals surface area contributed by atoms with Crippen molar-refractivity contribution in [3.8, 4) is 5.75 Å². The van der Waals surface area contributed by atoms with Gasteiger partial charge in [0.05, 0.1) is 18.1 Å². The van der Waals surface area contributed by atoms with Crippen molar-refractivity contribution in [2.45, 2.75) is 50.1 Å². The van der Waals surface area contributed by atoms with Crippen molar-refractivity contribution in [1.29, 1.82) is 0 Å². The largest absolute Gasteiger partial charge is 0.490 e. The van der Waals surface area contributed by atoms with Gasteiger partial charge >= 0.3 is 13.1 Å². The number of carbonyl (C=O) groups excluding carboxylic acids is 1. The van der Waals surface area contributed by atoms with Gasteiger partial charge < -0.3 is 24.4 Å². The molecule has 0 aromatic heterocycles. The molecule has 2 N–H and O–H groups in total. The summed E-state index contributed by atoms with van der Waals surface area (Å²) in [4.78, 5) is 14.6. The maximum atomic E-state index is 12.8. The smallest absolute Gasteiger partial charge is 0.488 e. The van der Waals surface area contributed by atoms with Crippen LogP contribution in [-0.4, -0.2) is 41.9 Å². The van der Waals surface area contributed by atoms with Crippen molar-refractivity contribution in [1.82, 2.24) is 0 Å². The number of anilines is 2. The SMILES string of the molecule is CCOC(=O)C1C(Cl)c2cc(B(O)O)ccc2N1c1ccc(OC2CCCC2)cc1. The molecule has 1 saturated carbocycles. The van der Waals surface area contributed by atoms with Crippen LogP contribution in [0.15, 0.2) is 42.5 Å². The highest BCUT2D eigenvalue weighted by molar-refractivity contribution is 6.58.